The zero-order chi connectivity index (χ0) is 26.1. The number of aromatic nitrogens is 3. The highest BCUT2D eigenvalue weighted by Crippen LogP contribution is 2.31. The summed E-state index contributed by atoms with van der Waals surface area (Å²) in [7, 11) is 1.28. The van der Waals surface area contributed by atoms with Crippen molar-refractivity contribution in [3.05, 3.63) is 71.7 Å². The quantitative estimate of drug-likeness (QED) is 0.338. The minimum atomic E-state index is -1.06. The van der Waals surface area contributed by atoms with Gasteiger partial charge in [-0.25, -0.2) is 14.4 Å². The van der Waals surface area contributed by atoms with Gasteiger partial charge in [-0.3, -0.25) is 9.20 Å². The molecule has 1 amide bonds. The minimum Gasteiger partial charge on any atom is -0.494 e. The number of carbonyl (C=O) groups excluding carboxylic acids is 1. The molecule has 2 aromatic heterocycles. The summed E-state index contributed by atoms with van der Waals surface area (Å²) < 4.78 is 35.6. The van der Waals surface area contributed by atoms with Gasteiger partial charge < -0.3 is 21.1 Å². The molecule has 4 N–H and O–H groups in total. The van der Waals surface area contributed by atoms with Crippen LogP contribution in [0.1, 0.15) is 42.1 Å². The minimum absolute atomic E-state index is 0.00420. The first kappa shape index (κ1) is 24.6. The van der Waals surface area contributed by atoms with Crippen LogP contribution in [0.5, 0.6) is 5.75 Å². The van der Waals surface area contributed by atoms with E-state index in [1.54, 1.807) is 28.9 Å². The molecule has 0 saturated heterocycles. The van der Waals surface area contributed by atoms with Crippen molar-refractivity contribution in [2.24, 2.45) is 5.73 Å². The fourth-order valence-corrected chi connectivity index (χ4v) is 4.83. The zero-order valence-electron chi connectivity index (χ0n) is 20.6. The molecule has 192 valence electrons. The normalized spacial score (nSPS) is 17.2. The van der Waals surface area contributed by atoms with Crippen LogP contribution in [0, 0.1) is 11.6 Å². The number of halogens is 2. The molecular weight excluding hydrogens is 478 g/mol. The van der Waals surface area contributed by atoms with Gasteiger partial charge in [0.25, 0.3) is 5.91 Å². The number of aryl methyl sites for hydroxylation is 1. The summed E-state index contributed by atoms with van der Waals surface area (Å²) in [6.45, 7) is 1.99. The summed E-state index contributed by atoms with van der Waals surface area (Å²) in [6.07, 6.45) is 8.12. The van der Waals surface area contributed by atoms with E-state index in [1.807, 2.05) is 13.0 Å². The number of nitrogens with two attached hydrogens (primary N) is 1. The van der Waals surface area contributed by atoms with E-state index in [-0.39, 0.29) is 29.3 Å². The number of benzene rings is 2. The Bertz CT molecular complexity index is 1470. The van der Waals surface area contributed by atoms with Crippen molar-refractivity contribution in [1.82, 2.24) is 19.7 Å². The van der Waals surface area contributed by atoms with Gasteiger partial charge in [-0.2, -0.15) is 4.39 Å². The molecule has 0 radical (unpaired) electrons. The van der Waals surface area contributed by atoms with Gasteiger partial charge in [0.1, 0.15) is 0 Å². The number of hydrogen-bond donors (Lipinski definition) is 3. The lowest BCUT2D eigenvalue weighted by molar-refractivity contribution is 0.0933. The van der Waals surface area contributed by atoms with Crippen LogP contribution in [0.25, 0.3) is 16.9 Å². The van der Waals surface area contributed by atoms with Crippen molar-refractivity contribution in [3.63, 3.8) is 0 Å². The lowest BCUT2D eigenvalue weighted by Gasteiger charge is -2.19. The van der Waals surface area contributed by atoms with Crippen molar-refractivity contribution in [2.75, 3.05) is 12.4 Å². The number of rotatable bonds is 7. The molecule has 0 spiro atoms. The molecule has 1 aliphatic rings. The van der Waals surface area contributed by atoms with Crippen LogP contribution in [0.4, 0.5) is 20.3 Å². The maximum atomic E-state index is 14.8. The smallest absolute Gasteiger partial charge is 0.251 e. The van der Waals surface area contributed by atoms with Gasteiger partial charge in [-0.05, 0) is 61.6 Å². The number of fused-ring (bicyclic) bond motifs is 1. The Hall–Kier alpha value is -4.05. The van der Waals surface area contributed by atoms with Crippen LogP contribution >= 0.6 is 0 Å². The summed E-state index contributed by atoms with van der Waals surface area (Å²) in [6, 6.07) is 8.29. The molecule has 2 aromatic carbocycles. The Morgan fingerprint density at radius 3 is 2.76 bits per heavy atom. The third kappa shape index (κ3) is 4.60. The second-order valence-electron chi connectivity index (χ2n) is 9.08. The molecule has 0 bridgehead atoms. The van der Waals surface area contributed by atoms with E-state index in [9.17, 15) is 13.6 Å². The summed E-state index contributed by atoms with van der Waals surface area (Å²) in [5.74, 6) is -1.95. The van der Waals surface area contributed by atoms with E-state index in [4.69, 9.17) is 10.5 Å². The highest BCUT2D eigenvalue weighted by molar-refractivity contribution is 5.96. The molecule has 2 heterocycles. The average Bonchev–Trinajstić information content (AvgIpc) is 3.52. The molecule has 0 aliphatic heterocycles. The lowest BCUT2D eigenvalue weighted by atomic mass is 10.0. The number of carbonyl (C=O) groups is 1. The van der Waals surface area contributed by atoms with Crippen molar-refractivity contribution in [3.8, 4) is 17.0 Å². The highest BCUT2D eigenvalue weighted by atomic mass is 19.2. The predicted molar refractivity (Wildman–Crippen MR) is 137 cm³/mol. The predicted octanol–water partition coefficient (Wildman–Crippen LogP) is 4.60. The Morgan fingerprint density at radius 2 is 2.03 bits per heavy atom. The SMILES string of the molecule is CCc1cc(Nc2nccn3c(-c4ccc(OC)c(F)c4F)cnc23)ccc1C(=O)N[C@H]1CCC[C@@H]1N. The van der Waals surface area contributed by atoms with E-state index in [2.05, 4.69) is 20.6 Å². The third-order valence-electron chi connectivity index (χ3n) is 6.85. The van der Waals surface area contributed by atoms with Crippen LogP contribution in [-0.4, -0.2) is 39.5 Å². The number of ether oxygens (including phenoxy) is 1. The zero-order valence-corrected chi connectivity index (χ0v) is 20.6. The number of nitrogens with zero attached hydrogens (tertiary/aromatic N) is 3. The van der Waals surface area contributed by atoms with Crippen LogP contribution in [0.2, 0.25) is 0 Å². The van der Waals surface area contributed by atoms with Crippen molar-refractivity contribution < 1.29 is 18.3 Å². The monoisotopic (exact) mass is 506 g/mol. The van der Waals surface area contributed by atoms with Gasteiger partial charge in [0, 0.05) is 41.3 Å². The topological polar surface area (TPSA) is 107 Å². The van der Waals surface area contributed by atoms with Crippen molar-refractivity contribution in [1.29, 1.82) is 0 Å². The number of nitrogens with one attached hydrogen (secondary N) is 2. The second-order valence-corrected chi connectivity index (χ2v) is 9.08. The number of anilines is 2. The van der Waals surface area contributed by atoms with Crippen molar-refractivity contribution >= 4 is 23.1 Å². The highest BCUT2D eigenvalue weighted by Gasteiger charge is 2.26. The number of hydrogen-bond acceptors (Lipinski definition) is 6. The molecule has 10 heteroatoms. The van der Waals surface area contributed by atoms with Gasteiger partial charge in [0.15, 0.2) is 23.0 Å². The van der Waals surface area contributed by atoms with E-state index in [1.165, 1.54) is 25.4 Å². The van der Waals surface area contributed by atoms with Gasteiger partial charge in [0.2, 0.25) is 5.82 Å². The maximum Gasteiger partial charge on any atom is 0.251 e. The van der Waals surface area contributed by atoms with Crippen molar-refractivity contribution in [2.45, 2.75) is 44.7 Å². The summed E-state index contributed by atoms with van der Waals surface area (Å²) in [5.41, 5.74) is 9.17. The molecule has 1 saturated carbocycles. The fourth-order valence-electron chi connectivity index (χ4n) is 4.83. The van der Waals surface area contributed by atoms with Crippen LogP contribution in [0.3, 0.4) is 0 Å². The van der Waals surface area contributed by atoms with Gasteiger partial charge in [0.05, 0.1) is 19.0 Å². The Labute approximate surface area is 212 Å². The summed E-state index contributed by atoms with van der Waals surface area (Å²) in [4.78, 5) is 21.7. The van der Waals surface area contributed by atoms with E-state index in [0.717, 1.165) is 30.5 Å². The van der Waals surface area contributed by atoms with E-state index >= 15 is 0 Å². The Kier molecular flexibility index (Phi) is 6.75. The number of amides is 1. The molecular formula is C27H28F2N6O2. The first-order valence-electron chi connectivity index (χ1n) is 12.2. The first-order chi connectivity index (χ1) is 17.9. The van der Waals surface area contributed by atoms with Crippen LogP contribution in [0.15, 0.2) is 48.9 Å². The fraction of sp³-hybridized carbons (Fsp3) is 0.296. The van der Waals surface area contributed by atoms with Gasteiger partial charge in [-0.15, -0.1) is 0 Å². The molecule has 8 nitrogen and oxygen atoms in total. The summed E-state index contributed by atoms with van der Waals surface area (Å²) in [5, 5.41) is 6.31. The molecule has 5 rings (SSSR count). The van der Waals surface area contributed by atoms with E-state index < -0.39 is 11.6 Å². The molecule has 1 fully saturated rings. The largest absolute Gasteiger partial charge is 0.494 e. The Morgan fingerprint density at radius 1 is 1.19 bits per heavy atom. The molecule has 2 atom stereocenters. The number of imidazole rings is 1. The second kappa shape index (κ2) is 10.1. The standard InChI is InChI=1S/C27H28F2N6O2/c1-3-15-13-16(7-8-17(15)27(36)34-20-6-4-5-19(20)30)33-25-26-32-14-21(35(26)12-11-31-25)18-9-10-22(37-2)24(29)23(18)28/h7-14,19-20H,3-6,30H2,1-2H3,(H,31,33)(H,34,36)/t19-,20-/m0/s1. The van der Waals surface area contributed by atoms with Gasteiger partial charge >= 0.3 is 0 Å². The third-order valence-corrected chi connectivity index (χ3v) is 6.85. The lowest BCUT2D eigenvalue weighted by Crippen LogP contribution is -2.44. The van der Waals surface area contributed by atoms with E-state index in [0.29, 0.717) is 29.1 Å². The summed E-state index contributed by atoms with van der Waals surface area (Å²) >= 11 is 0. The Balaban J connectivity index is 1.43. The van der Waals surface area contributed by atoms with Gasteiger partial charge in [-0.1, -0.05) is 6.92 Å². The number of methoxy groups -OCH3 is 1. The maximum absolute atomic E-state index is 14.8. The molecule has 0 unspecified atom stereocenters. The molecule has 4 aromatic rings. The average molecular weight is 507 g/mol. The molecule has 1 aliphatic carbocycles. The first-order valence-corrected chi connectivity index (χ1v) is 12.2. The van der Waals surface area contributed by atoms with Crippen LogP contribution in [-0.2, 0) is 6.42 Å². The molecule has 37 heavy (non-hydrogen) atoms. The van der Waals surface area contributed by atoms with Crippen LogP contribution < -0.4 is 21.1 Å².